The van der Waals surface area contributed by atoms with E-state index in [2.05, 4.69) is 9.72 Å². The van der Waals surface area contributed by atoms with Gasteiger partial charge in [-0.25, -0.2) is 9.78 Å². The third-order valence-corrected chi connectivity index (χ3v) is 1.83. The summed E-state index contributed by atoms with van der Waals surface area (Å²) >= 11 is 0. The van der Waals surface area contributed by atoms with Crippen molar-refractivity contribution in [2.75, 3.05) is 21.3 Å². The van der Waals surface area contributed by atoms with Crippen molar-refractivity contribution in [1.29, 1.82) is 0 Å². The molecule has 0 aromatic carbocycles. The van der Waals surface area contributed by atoms with Gasteiger partial charge in [-0.15, -0.1) is 0 Å². The van der Waals surface area contributed by atoms with E-state index in [4.69, 9.17) is 9.47 Å². The van der Waals surface area contributed by atoms with Crippen LogP contribution in [0, 0.1) is 0 Å². The summed E-state index contributed by atoms with van der Waals surface area (Å²) in [6, 6.07) is 4.97. The highest BCUT2D eigenvalue weighted by Crippen LogP contribution is 2.14. The molecule has 0 atom stereocenters. The van der Waals surface area contributed by atoms with Crippen LogP contribution in [0.2, 0.25) is 0 Å². The topological polar surface area (TPSA) is 57.7 Å². The van der Waals surface area contributed by atoms with E-state index >= 15 is 0 Å². The maximum absolute atomic E-state index is 11.2. The summed E-state index contributed by atoms with van der Waals surface area (Å²) in [4.78, 5) is 15.3. The summed E-state index contributed by atoms with van der Waals surface area (Å²) in [5.74, 6) is -0.484. The molecule has 1 rings (SSSR count). The molecule has 0 aliphatic heterocycles. The molecule has 0 aliphatic rings. The SMILES string of the molecule is COC(=O)c1cccc(C(OC)OC)n1. The third kappa shape index (κ3) is 2.74. The molecular weight excluding hydrogens is 198 g/mol. The Balaban J connectivity index is 2.96. The van der Waals surface area contributed by atoms with Gasteiger partial charge in [0.05, 0.1) is 12.8 Å². The fourth-order valence-electron chi connectivity index (χ4n) is 1.14. The predicted octanol–water partition coefficient (Wildman–Crippen LogP) is 1.16. The van der Waals surface area contributed by atoms with Gasteiger partial charge in [-0.05, 0) is 12.1 Å². The summed E-state index contributed by atoms with van der Waals surface area (Å²) < 4.78 is 14.6. The second-order valence-electron chi connectivity index (χ2n) is 2.74. The van der Waals surface area contributed by atoms with Gasteiger partial charge in [0, 0.05) is 14.2 Å². The Morgan fingerprint density at radius 3 is 2.47 bits per heavy atom. The highest BCUT2D eigenvalue weighted by Gasteiger charge is 2.13. The van der Waals surface area contributed by atoms with Crippen LogP contribution >= 0.6 is 0 Å². The van der Waals surface area contributed by atoms with Crippen LogP contribution in [0.1, 0.15) is 22.5 Å². The van der Waals surface area contributed by atoms with Crippen LogP contribution in [-0.4, -0.2) is 32.3 Å². The van der Waals surface area contributed by atoms with Crippen LogP contribution in [0.25, 0.3) is 0 Å². The minimum absolute atomic E-state index is 0.231. The number of carbonyl (C=O) groups excluding carboxylic acids is 1. The summed E-state index contributed by atoms with van der Waals surface area (Å²) in [7, 11) is 4.31. The van der Waals surface area contributed by atoms with E-state index in [9.17, 15) is 4.79 Å². The zero-order valence-corrected chi connectivity index (χ0v) is 8.89. The van der Waals surface area contributed by atoms with Gasteiger partial charge in [0.25, 0.3) is 0 Å². The van der Waals surface area contributed by atoms with Gasteiger partial charge < -0.3 is 14.2 Å². The normalized spacial score (nSPS) is 10.4. The molecule has 0 saturated carbocycles. The molecule has 1 aromatic heterocycles. The maximum atomic E-state index is 11.2. The molecule has 0 radical (unpaired) electrons. The number of hydrogen-bond donors (Lipinski definition) is 0. The average Bonchev–Trinajstić information content (AvgIpc) is 2.30. The van der Waals surface area contributed by atoms with Crippen molar-refractivity contribution in [1.82, 2.24) is 4.98 Å². The molecule has 0 fully saturated rings. The first kappa shape index (κ1) is 11.6. The molecule has 0 spiro atoms. The minimum Gasteiger partial charge on any atom is -0.464 e. The van der Waals surface area contributed by atoms with Crippen LogP contribution in [0.4, 0.5) is 0 Å². The van der Waals surface area contributed by atoms with Gasteiger partial charge in [0.1, 0.15) is 5.69 Å². The lowest BCUT2D eigenvalue weighted by Gasteiger charge is -2.12. The van der Waals surface area contributed by atoms with Crippen molar-refractivity contribution in [3.63, 3.8) is 0 Å². The first-order valence-electron chi connectivity index (χ1n) is 4.33. The molecular formula is C10H13NO4. The first-order valence-corrected chi connectivity index (χ1v) is 4.33. The van der Waals surface area contributed by atoms with Crippen LogP contribution in [0.5, 0.6) is 0 Å². The number of pyridine rings is 1. The number of aromatic nitrogens is 1. The number of hydrogen-bond acceptors (Lipinski definition) is 5. The number of methoxy groups -OCH3 is 3. The number of rotatable bonds is 4. The molecule has 0 amide bonds. The van der Waals surface area contributed by atoms with Crippen molar-refractivity contribution in [2.45, 2.75) is 6.29 Å². The average molecular weight is 211 g/mol. The fourth-order valence-corrected chi connectivity index (χ4v) is 1.14. The van der Waals surface area contributed by atoms with Crippen molar-refractivity contribution >= 4 is 5.97 Å². The Morgan fingerprint density at radius 1 is 1.27 bits per heavy atom. The van der Waals surface area contributed by atoms with E-state index in [1.54, 1.807) is 18.2 Å². The molecule has 15 heavy (non-hydrogen) atoms. The maximum Gasteiger partial charge on any atom is 0.356 e. The summed E-state index contributed by atoms with van der Waals surface area (Å²) in [5.41, 5.74) is 0.761. The van der Waals surface area contributed by atoms with Gasteiger partial charge in [-0.2, -0.15) is 0 Å². The molecule has 0 unspecified atom stereocenters. The third-order valence-electron chi connectivity index (χ3n) is 1.83. The zero-order valence-electron chi connectivity index (χ0n) is 8.89. The molecule has 5 nitrogen and oxygen atoms in total. The summed E-state index contributed by atoms with van der Waals surface area (Å²) in [6.07, 6.45) is -0.574. The minimum atomic E-state index is -0.574. The van der Waals surface area contributed by atoms with E-state index in [1.807, 2.05) is 0 Å². The van der Waals surface area contributed by atoms with Gasteiger partial charge >= 0.3 is 5.97 Å². The molecule has 0 saturated heterocycles. The Bertz CT molecular complexity index is 336. The number of esters is 1. The van der Waals surface area contributed by atoms with Gasteiger partial charge in [-0.1, -0.05) is 6.07 Å². The number of ether oxygens (including phenoxy) is 3. The lowest BCUT2D eigenvalue weighted by Crippen LogP contribution is -2.10. The van der Waals surface area contributed by atoms with E-state index in [0.717, 1.165) is 0 Å². The van der Waals surface area contributed by atoms with Crippen molar-refractivity contribution < 1.29 is 19.0 Å². The van der Waals surface area contributed by atoms with Crippen LogP contribution in [0.3, 0.4) is 0 Å². The monoisotopic (exact) mass is 211 g/mol. The molecule has 1 aromatic rings. The molecule has 0 bridgehead atoms. The molecule has 82 valence electrons. The number of nitrogens with zero attached hydrogens (tertiary/aromatic N) is 1. The lowest BCUT2D eigenvalue weighted by atomic mass is 10.3. The Labute approximate surface area is 88.0 Å². The van der Waals surface area contributed by atoms with Crippen molar-refractivity contribution in [3.05, 3.63) is 29.6 Å². The number of carbonyl (C=O) groups is 1. The van der Waals surface area contributed by atoms with Crippen LogP contribution in [0.15, 0.2) is 18.2 Å². The largest absolute Gasteiger partial charge is 0.464 e. The molecule has 1 heterocycles. The van der Waals surface area contributed by atoms with E-state index in [-0.39, 0.29) is 5.69 Å². The van der Waals surface area contributed by atoms with Gasteiger partial charge in [0.2, 0.25) is 6.29 Å². The highest BCUT2D eigenvalue weighted by molar-refractivity contribution is 5.87. The smallest absolute Gasteiger partial charge is 0.356 e. The lowest BCUT2D eigenvalue weighted by molar-refractivity contribution is -0.108. The zero-order chi connectivity index (χ0) is 11.3. The summed E-state index contributed by atoms with van der Waals surface area (Å²) in [5, 5.41) is 0. The first-order chi connectivity index (χ1) is 7.22. The van der Waals surface area contributed by atoms with Crippen LogP contribution < -0.4 is 0 Å². The quantitative estimate of drug-likeness (QED) is 0.552. The second kappa shape index (κ2) is 5.43. The molecule has 0 aliphatic carbocycles. The Morgan fingerprint density at radius 2 is 1.93 bits per heavy atom. The fraction of sp³-hybridized carbons (Fsp3) is 0.400. The van der Waals surface area contributed by atoms with E-state index in [1.165, 1.54) is 21.3 Å². The molecule has 5 heteroatoms. The Kier molecular flexibility index (Phi) is 4.20. The highest BCUT2D eigenvalue weighted by atomic mass is 16.7. The van der Waals surface area contributed by atoms with Gasteiger partial charge in [-0.3, -0.25) is 0 Å². The second-order valence-corrected chi connectivity index (χ2v) is 2.74. The Hall–Kier alpha value is -1.46. The van der Waals surface area contributed by atoms with Gasteiger partial charge in [0.15, 0.2) is 0 Å². The molecule has 0 N–H and O–H groups in total. The summed E-state index contributed by atoms with van der Waals surface area (Å²) in [6.45, 7) is 0. The van der Waals surface area contributed by atoms with Crippen molar-refractivity contribution in [2.24, 2.45) is 0 Å². The van der Waals surface area contributed by atoms with Crippen molar-refractivity contribution in [3.8, 4) is 0 Å². The predicted molar refractivity (Wildman–Crippen MR) is 52.3 cm³/mol. The standard InChI is InChI=1S/C10H13NO4/c1-13-9(12)7-5-4-6-8(11-7)10(14-2)15-3/h4-6,10H,1-3H3. The van der Waals surface area contributed by atoms with E-state index < -0.39 is 12.3 Å². The van der Waals surface area contributed by atoms with Crippen LogP contribution in [-0.2, 0) is 14.2 Å². The van der Waals surface area contributed by atoms with E-state index in [0.29, 0.717) is 5.69 Å².